The third-order valence-electron chi connectivity index (χ3n) is 3.51. The summed E-state index contributed by atoms with van der Waals surface area (Å²) in [5.41, 5.74) is 2.19. The van der Waals surface area contributed by atoms with E-state index in [0.717, 1.165) is 11.1 Å². The topological polar surface area (TPSA) is 67.4 Å². The first-order valence-corrected chi connectivity index (χ1v) is 8.61. The average molecular weight is 398 g/mol. The van der Waals surface area contributed by atoms with Gasteiger partial charge in [0.2, 0.25) is 0 Å². The van der Waals surface area contributed by atoms with Crippen molar-refractivity contribution in [3.63, 3.8) is 0 Å². The third-order valence-corrected chi connectivity index (χ3v) is 4.25. The first-order chi connectivity index (χ1) is 12.6. The fourth-order valence-electron chi connectivity index (χ4n) is 2.00. The van der Waals surface area contributed by atoms with Crippen molar-refractivity contribution in [1.29, 1.82) is 0 Å². The SMILES string of the molecule is Cc1ccc(OCC(=O)NNC(=O)c2ccc(SC(F)(F)F)cc2)cc1C. The lowest BCUT2D eigenvalue weighted by Gasteiger charge is -2.10. The number of hydrazine groups is 1. The van der Waals surface area contributed by atoms with Gasteiger partial charge in [-0.3, -0.25) is 20.4 Å². The number of hydrogen-bond donors (Lipinski definition) is 2. The van der Waals surface area contributed by atoms with E-state index in [2.05, 4.69) is 10.9 Å². The Balaban J connectivity index is 1.80. The van der Waals surface area contributed by atoms with Crippen LogP contribution in [0.25, 0.3) is 0 Å². The molecular weight excluding hydrogens is 381 g/mol. The van der Waals surface area contributed by atoms with Crippen LogP contribution in [0.2, 0.25) is 0 Å². The molecule has 0 bridgehead atoms. The van der Waals surface area contributed by atoms with Crippen LogP contribution in [-0.2, 0) is 4.79 Å². The number of nitrogens with one attached hydrogen (secondary N) is 2. The van der Waals surface area contributed by atoms with Gasteiger partial charge in [0, 0.05) is 10.5 Å². The van der Waals surface area contributed by atoms with Gasteiger partial charge in [-0.1, -0.05) is 6.07 Å². The highest BCUT2D eigenvalue weighted by molar-refractivity contribution is 8.00. The fraction of sp³-hybridized carbons (Fsp3) is 0.222. The number of carbonyl (C=O) groups is 2. The molecule has 5 nitrogen and oxygen atoms in total. The number of alkyl halides is 3. The minimum Gasteiger partial charge on any atom is -0.484 e. The quantitative estimate of drug-likeness (QED) is 0.595. The zero-order chi connectivity index (χ0) is 20.0. The highest BCUT2D eigenvalue weighted by atomic mass is 32.2. The second-order valence-corrected chi connectivity index (χ2v) is 6.75. The number of aryl methyl sites for hydroxylation is 2. The van der Waals surface area contributed by atoms with Crippen LogP contribution in [0.15, 0.2) is 47.4 Å². The normalized spacial score (nSPS) is 11.0. The molecule has 0 atom stereocenters. The first kappa shape index (κ1) is 20.6. The summed E-state index contributed by atoms with van der Waals surface area (Å²) in [7, 11) is 0. The van der Waals surface area contributed by atoms with Gasteiger partial charge in [0.05, 0.1) is 0 Å². The second-order valence-electron chi connectivity index (χ2n) is 5.61. The molecule has 2 N–H and O–H groups in total. The van der Waals surface area contributed by atoms with Crippen LogP contribution in [0.3, 0.4) is 0 Å². The Labute approximate surface area is 158 Å². The fourth-order valence-corrected chi connectivity index (χ4v) is 2.53. The maximum Gasteiger partial charge on any atom is 0.446 e. The molecule has 0 aromatic heterocycles. The molecule has 0 fully saturated rings. The third kappa shape index (κ3) is 6.86. The van der Waals surface area contributed by atoms with E-state index in [4.69, 9.17) is 4.74 Å². The van der Waals surface area contributed by atoms with Crippen molar-refractivity contribution < 1.29 is 27.5 Å². The molecule has 0 spiro atoms. The molecular formula is C18H17F3N2O3S. The Hall–Kier alpha value is -2.68. The molecule has 0 saturated heterocycles. The lowest BCUT2D eigenvalue weighted by Crippen LogP contribution is -2.43. The largest absolute Gasteiger partial charge is 0.484 e. The van der Waals surface area contributed by atoms with Crippen molar-refractivity contribution in [3.05, 3.63) is 59.2 Å². The molecule has 9 heteroatoms. The van der Waals surface area contributed by atoms with E-state index in [1.165, 1.54) is 24.3 Å². The number of benzene rings is 2. The number of amides is 2. The van der Waals surface area contributed by atoms with Crippen LogP contribution >= 0.6 is 11.8 Å². The van der Waals surface area contributed by atoms with E-state index in [1.54, 1.807) is 12.1 Å². The van der Waals surface area contributed by atoms with Gasteiger partial charge < -0.3 is 4.74 Å². The first-order valence-electron chi connectivity index (χ1n) is 7.79. The molecule has 0 aliphatic rings. The van der Waals surface area contributed by atoms with E-state index in [1.807, 2.05) is 19.9 Å². The number of halogens is 3. The molecule has 0 saturated carbocycles. The van der Waals surface area contributed by atoms with Gasteiger partial charge in [0.25, 0.3) is 11.8 Å². The van der Waals surface area contributed by atoms with Crippen LogP contribution in [0.5, 0.6) is 5.75 Å². The highest BCUT2D eigenvalue weighted by Gasteiger charge is 2.29. The van der Waals surface area contributed by atoms with Crippen LogP contribution in [0.4, 0.5) is 13.2 Å². The van der Waals surface area contributed by atoms with E-state index in [0.29, 0.717) is 5.75 Å². The maximum absolute atomic E-state index is 12.3. The molecule has 2 aromatic carbocycles. The van der Waals surface area contributed by atoms with Gasteiger partial charge in [0.15, 0.2) is 6.61 Å². The van der Waals surface area contributed by atoms with Gasteiger partial charge in [-0.2, -0.15) is 13.2 Å². The molecule has 0 radical (unpaired) electrons. The van der Waals surface area contributed by atoms with Crippen molar-refractivity contribution in [2.24, 2.45) is 0 Å². The monoisotopic (exact) mass is 398 g/mol. The summed E-state index contributed by atoms with van der Waals surface area (Å²) in [4.78, 5) is 23.6. The Kier molecular flexibility index (Phi) is 6.73. The second kappa shape index (κ2) is 8.81. The van der Waals surface area contributed by atoms with E-state index < -0.39 is 17.3 Å². The molecule has 2 aromatic rings. The van der Waals surface area contributed by atoms with E-state index >= 15 is 0 Å². The lowest BCUT2D eigenvalue weighted by atomic mass is 10.1. The Morgan fingerprint density at radius 2 is 1.67 bits per heavy atom. The van der Waals surface area contributed by atoms with Crippen molar-refractivity contribution >= 4 is 23.6 Å². The van der Waals surface area contributed by atoms with Gasteiger partial charge >= 0.3 is 5.51 Å². The zero-order valence-electron chi connectivity index (χ0n) is 14.5. The smallest absolute Gasteiger partial charge is 0.446 e. The summed E-state index contributed by atoms with van der Waals surface area (Å²) in [6.07, 6.45) is 0. The Morgan fingerprint density at radius 3 is 2.26 bits per heavy atom. The Morgan fingerprint density at radius 1 is 1.00 bits per heavy atom. The van der Waals surface area contributed by atoms with Crippen molar-refractivity contribution in [3.8, 4) is 5.75 Å². The predicted octanol–water partition coefficient (Wildman–Crippen LogP) is 3.76. The highest BCUT2D eigenvalue weighted by Crippen LogP contribution is 2.36. The van der Waals surface area contributed by atoms with E-state index in [-0.39, 0.29) is 28.8 Å². The lowest BCUT2D eigenvalue weighted by molar-refractivity contribution is -0.123. The maximum atomic E-state index is 12.3. The van der Waals surface area contributed by atoms with Crippen LogP contribution in [0, 0.1) is 13.8 Å². The molecule has 0 aliphatic heterocycles. The van der Waals surface area contributed by atoms with Gasteiger partial charge in [0.1, 0.15) is 5.75 Å². The summed E-state index contributed by atoms with van der Waals surface area (Å²) < 4.78 is 42.1. The number of rotatable bonds is 5. The summed E-state index contributed by atoms with van der Waals surface area (Å²) in [6, 6.07) is 10.2. The molecule has 2 amide bonds. The minimum absolute atomic E-state index is 0.0372. The van der Waals surface area contributed by atoms with Gasteiger partial charge in [-0.25, -0.2) is 0 Å². The zero-order valence-corrected chi connectivity index (χ0v) is 15.3. The molecule has 0 unspecified atom stereocenters. The average Bonchev–Trinajstić information content (AvgIpc) is 2.60. The molecule has 0 aliphatic carbocycles. The standard InChI is InChI=1S/C18H17F3N2O3S/c1-11-3-6-14(9-12(11)2)26-10-16(24)22-23-17(25)13-4-7-15(8-5-13)27-18(19,20)21/h3-9H,10H2,1-2H3,(H,22,24)(H,23,25). The summed E-state index contributed by atoms with van der Waals surface area (Å²) in [5.74, 6) is -0.707. The van der Waals surface area contributed by atoms with Crippen LogP contribution in [-0.4, -0.2) is 23.9 Å². The van der Waals surface area contributed by atoms with Gasteiger partial charge in [-0.05, 0) is 73.1 Å². The Bertz CT molecular complexity index is 824. The number of hydrogen-bond acceptors (Lipinski definition) is 4. The summed E-state index contributed by atoms with van der Waals surface area (Å²) in [5, 5.41) is 0. The molecule has 0 heterocycles. The predicted molar refractivity (Wildman–Crippen MR) is 95.4 cm³/mol. The van der Waals surface area contributed by atoms with Gasteiger partial charge in [-0.15, -0.1) is 0 Å². The van der Waals surface area contributed by atoms with Crippen molar-refractivity contribution in [2.45, 2.75) is 24.3 Å². The van der Waals surface area contributed by atoms with Crippen molar-refractivity contribution in [1.82, 2.24) is 10.9 Å². The molecule has 144 valence electrons. The minimum atomic E-state index is -4.40. The molecule has 2 rings (SSSR count). The van der Waals surface area contributed by atoms with E-state index in [9.17, 15) is 22.8 Å². The molecule has 27 heavy (non-hydrogen) atoms. The van der Waals surface area contributed by atoms with Crippen molar-refractivity contribution in [2.75, 3.05) is 6.61 Å². The number of ether oxygens (including phenoxy) is 1. The van der Waals surface area contributed by atoms with Crippen LogP contribution in [0.1, 0.15) is 21.5 Å². The number of thioether (sulfide) groups is 1. The van der Waals surface area contributed by atoms with Crippen LogP contribution < -0.4 is 15.6 Å². The summed E-state index contributed by atoms with van der Waals surface area (Å²) >= 11 is -0.272. The number of carbonyl (C=O) groups excluding carboxylic acids is 2. The summed E-state index contributed by atoms with van der Waals surface area (Å²) in [6.45, 7) is 3.57.